The number of halogens is 2. The Kier molecular flexibility index (Phi) is 3.29. The van der Waals surface area contributed by atoms with Crippen LogP contribution in [0.2, 0.25) is 0 Å². The van der Waals surface area contributed by atoms with Crippen LogP contribution in [0.3, 0.4) is 0 Å². The van der Waals surface area contributed by atoms with Gasteiger partial charge >= 0.3 is 10.2 Å². The lowest BCUT2D eigenvalue weighted by Gasteiger charge is -2.20. The van der Waals surface area contributed by atoms with Crippen LogP contribution in [0.15, 0.2) is 42.5 Å². The van der Waals surface area contributed by atoms with E-state index in [9.17, 15) is 17.2 Å². The summed E-state index contributed by atoms with van der Waals surface area (Å²) in [4.78, 5) is 0. The van der Waals surface area contributed by atoms with Crippen LogP contribution >= 0.6 is 0 Å². The molecule has 4 nitrogen and oxygen atoms in total. The number of hydrogen-bond acceptors (Lipinski definition) is 2. The summed E-state index contributed by atoms with van der Waals surface area (Å²) < 4.78 is 54.2. The lowest BCUT2D eigenvalue weighted by molar-refractivity contribution is 0.509. The Bertz CT molecular complexity index is 793. The van der Waals surface area contributed by atoms with Gasteiger partial charge in [-0.3, -0.25) is 9.03 Å². The molecule has 1 heterocycles. The van der Waals surface area contributed by atoms with Gasteiger partial charge in [0.1, 0.15) is 0 Å². The van der Waals surface area contributed by atoms with Crippen molar-refractivity contribution in [2.75, 3.05) is 15.6 Å². The SMILES string of the molecule is O=S(=O)(Nc1ccc(F)c(F)c1)N1CCc2ccccc21. The first-order valence-electron chi connectivity index (χ1n) is 6.31. The molecule has 0 saturated carbocycles. The molecule has 110 valence electrons. The van der Waals surface area contributed by atoms with Crippen LogP contribution < -0.4 is 9.03 Å². The minimum absolute atomic E-state index is 0.0155. The summed E-state index contributed by atoms with van der Waals surface area (Å²) in [5, 5.41) is 0. The van der Waals surface area contributed by atoms with Gasteiger partial charge in [0.25, 0.3) is 0 Å². The van der Waals surface area contributed by atoms with Crippen molar-refractivity contribution in [1.82, 2.24) is 0 Å². The number of para-hydroxylation sites is 1. The average Bonchev–Trinajstić information content (AvgIpc) is 2.87. The summed E-state index contributed by atoms with van der Waals surface area (Å²) in [6.45, 7) is 0.318. The Morgan fingerprint density at radius 2 is 1.81 bits per heavy atom. The van der Waals surface area contributed by atoms with Gasteiger partial charge < -0.3 is 0 Å². The van der Waals surface area contributed by atoms with Crippen molar-refractivity contribution in [3.8, 4) is 0 Å². The summed E-state index contributed by atoms with van der Waals surface area (Å²) in [5.41, 5.74) is 1.53. The Morgan fingerprint density at radius 1 is 1.05 bits per heavy atom. The molecule has 21 heavy (non-hydrogen) atoms. The first kappa shape index (κ1) is 13.8. The third kappa shape index (κ3) is 2.56. The van der Waals surface area contributed by atoms with Gasteiger partial charge in [0.05, 0.1) is 11.4 Å². The maximum Gasteiger partial charge on any atom is 0.323 e. The van der Waals surface area contributed by atoms with Gasteiger partial charge in [0.15, 0.2) is 11.6 Å². The maximum absolute atomic E-state index is 13.1. The van der Waals surface area contributed by atoms with Gasteiger partial charge in [-0.2, -0.15) is 8.42 Å². The Labute approximate surface area is 121 Å². The molecule has 0 aliphatic carbocycles. The minimum atomic E-state index is -3.86. The van der Waals surface area contributed by atoms with E-state index in [2.05, 4.69) is 4.72 Å². The Morgan fingerprint density at radius 3 is 2.57 bits per heavy atom. The third-order valence-electron chi connectivity index (χ3n) is 3.30. The number of rotatable bonds is 3. The van der Waals surface area contributed by atoms with Crippen molar-refractivity contribution < 1.29 is 17.2 Å². The van der Waals surface area contributed by atoms with Crippen LogP contribution in [0, 0.1) is 11.6 Å². The zero-order valence-corrected chi connectivity index (χ0v) is 11.7. The van der Waals surface area contributed by atoms with Crippen molar-refractivity contribution in [2.45, 2.75) is 6.42 Å². The van der Waals surface area contributed by atoms with E-state index in [4.69, 9.17) is 0 Å². The van der Waals surface area contributed by atoms with Crippen LogP contribution in [0.25, 0.3) is 0 Å². The van der Waals surface area contributed by atoms with Crippen molar-refractivity contribution >= 4 is 21.6 Å². The van der Waals surface area contributed by atoms with E-state index in [0.717, 1.165) is 17.7 Å². The van der Waals surface area contributed by atoms with Crippen LogP contribution in [-0.4, -0.2) is 15.0 Å². The second-order valence-electron chi connectivity index (χ2n) is 4.69. The minimum Gasteiger partial charge on any atom is -0.266 e. The predicted molar refractivity (Wildman–Crippen MR) is 76.4 cm³/mol. The second-order valence-corrected chi connectivity index (χ2v) is 6.28. The van der Waals surface area contributed by atoms with Gasteiger partial charge in [0, 0.05) is 12.6 Å². The maximum atomic E-state index is 13.1. The van der Waals surface area contributed by atoms with Gasteiger partial charge in [0.2, 0.25) is 0 Å². The topological polar surface area (TPSA) is 49.4 Å². The van der Waals surface area contributed by atoms with E-state index in [-0.39, 0.29) is 5.69 Å². The molecule has 0 atom stereocenters. The lowest BCUT2D eigenvalue weighted by Crippen LogP contribution is -2.34. The molecule has 0 unspecified atom stereocenters. The highest BCUT2D eigenvalue weighted by atomic mass is 32.2. The van der Waals surface area contributed by atoms with Gasteiger partial charge in [-0.05, 0) is 30.2 Å². The number of nitrogens with zero attached hydrogens (tertiary/aromatic N) is 1. The standard InChI is InChI=1S/C14H12F2N2O2S/c15-12-6-5-11(9-13(12)16)17-21(19,20)18-8-7-10-3-1-2-4-14(10)18/h1-6,9,17H,7-8H2. The molecule has 0 spiro atoms. The first-order chi connectivity index (χ1) is 9.97. The molecule has 2 aromatic carbocycles. The molecule has 0 bridgehead atoms. The fourth-order valence-electron chi connectivity index (χ4n) is 2.32. The van der Waals surface area contributed by atoms with Crippen LogP contribution in [0.1, 0.15) is 5.56 Å². The fourth-order valence-corrected chi connectivity index (χ4v) is 3.63. The smallest absolute Gasteiger partial charge is 0.266 e. The molecule has 0 saturated heterocycles. The first-order valence-corrected chi connectivity index (χ1v) is 7.75. The van der Waals surface area contributed by atoms with E-state index in [1.807, 2.05) is 12.1 Å². The molecular weight excluding hydrogens is 298 g/mol. The normalized spacial score (nSPS) is 14.1. The molecule has 1 aliphatic rings. The number of nitrogens with one attached hydrogen (secondary N) is 1. The van der Waals surface area contributed by atoms with Crippen molar-refractivity contribution in [3.05, 3.63) is 59.7 Å². The van der Waals surface area contributed by atoms with Crippen molar-refractivity contribution in [3.63, 3.8) is 0 Å². The largest absolute Gasteiger partial charge is 0.323 e. The Hall–Kier alpha value is -2.15. The molecule has 1 aliphatic heterocycles. The van der Waals surface area contributed by atoms with Crippen LogP contribution in [0.4, 0.5) is 20.2 Å². The second kappa shape index (κ2) is 5.00. The molecule has 0 fully saturated rings. The highest BCUT2D eigenvalue weighted by molar-refractivity contribution is 7.94. The molecule has 0 aromatic heterocycles. The molecule has 1 N–H and O–H groups in total. The van der Waals surface area contributed by atoms with Crippen molar-refractivity contribution in [2.24, 2.45) is 0 Å². The molecule has 0 radical (unpaired) electrons. The van der Waals surface area contributed by atoms with Crippen LogP contribution in [0.5, 0.6) is 0 Å². The fraction of sp³-hybridized carbons (Fsp3) is 0.143. The third-order valence-corrected chi connectivity index (χ3v) is 4.75. The lowest BCUT2D eigenvalue weighted by atomic mass is 10.2. The summed E-state index contributed by atoms with van der Waals surface area (Å²) >= 11 is 0. The van der Waals surface area contributed by atoms with E-state index in [1.54, 1.807) is 12.1 Å². The van der Waals surface area contributed by atoms with E-state index < -0.39 is 21.8 Å². The number of anilines is 2. The quantitative estimate of drug-likeness (QED) is 0.947. The highest BCUT2D eigenvalue weighted by Gasteiger charge is 2.29. The highest BCUT2D eigenvalue weighted by Crippen LogP contribution is 2.30. The number of benzene rings is 2. The summed E-state index contributed by atoms with van der Waals surface area (Å²) in [7, 11) is -3.86. The zero-order valence-electron chi connectivity index (χ0n) is 10.9. The number of hydrogen-bond donors (Lipinski definition) is 1. The van der Waals surface area contributed by atoms with E-state index in [1.165, 1.54) is 10.4 Å². The van der Waals surface area contributed by atoms with E-state index >= 15 is 0 Å². The summed E-state index contributed by atoms with van der Waals surface area (Å²) in [6.07, 6.45) is 0.620. The predicted octanol–water partition coefficient (Wildman–Crippen LogP) is 2.68. The van der Waals surface area contributed by atoms with E-state index in [0.29, 0.717) is 18.7 Å². The van der Waals surface area contributed by atoms with Crippen molar-refractivity contribution in [1.29, 1.82) is 0 Å². The summed E-state index contributed by atoms with van der Waals surface area (Å²) in [5.74, 6) is -2.12. The monoisotopic (exact) mass is 310 g/mol. The molecule has 2 aromatic rings. The number of fused-ring (bicyclic) bond motifs is 1. The van der Waals surface area contributed by atoms with Gasteiger partial charge in [-0.25, -0.2) is 8.78 Å². The average molecular weight is 310 g/mol. The molecule has 0 amide bonds. The Balaban J connectivity index is 1.90. The molecule has 3 rings (SSSR count). The van der Waals surface area contributed by atoms with Crippen LogP contribution in [-0.2, 0) is 16.6 Å². The molecular formula is C14H12F2N2O2S. The summed E-state index contributed by atoms with van der Waals surface area (Å²) in [6, 6.07) is 10.1. The molecule has 7 heteroatoms. The van der Waals surface area contributed by atoms with Gasteiger partial charge in [-0.15, -0.1) is 0 Å². The zero-order chi connectivity index (χ0) is 15.0. The van der Waals surface area contributed by atoms with Gasteiger partial charge in [-0.1, -0.05) is 18.2 Å².